The van der Waals surface area contributed by atoms with Crippen LogP contribution in [0.5, 0.6) is 0 Å². The quantitative estimate of drug-likeness (QED) is 0.476. The molecule has 1 aromatic heterocycles. The van der Waals surface area contributed by atoms with Crippen LogP contribution >= 0.6 is 12.4 Å². The first-order valence-electron chi connectivity index (χ1n) is 9.87. The summed E-state index contributed by atoms with van der Waals surface area (Å²) in [6, 6.07) is 11.4. The number of hydrogen-bond donors (Lipinski definition) is 0. The van der Waals surface area contributed by atoms with E-state index in [-0.39, 0.29) is 12.4 Å². The van der Waals surface area contributed by atoms with Gasteiger partial charge in [0, 0.05) is 48.3 Å². The Morgan fingerprint density at radius 3 is 1.33 bits per heavy atom. The van der Waals surface area contributed by atoms with E-state index in [0.717, 1.165) is 37.2 Å². The largest absolute Gasteiger partial charge is 0.372 e. The fourth-order valence-corrected chi connectivity index (χ4v) is 3.95. The first-order valence-corrected chi connectivity index (χ1v) is 9.87. The summed E-state index contributed by atoms with van der Waals surface area (Å²) in [7, 11) is 0. The van der Waals surface area contributed by atoms with Crippen molar-refractivity contribution in [2.75, 3.05) is 36.0 Å². The molecule has 4 heteroatoms. The molecule has 1 heterocycles. The van der Waals surface area contributed by atoms with Gasteiger partial charge in [-0.3, -0.25) is 0 Å². The van der Waals surface area contributed by atoms with Crippen LogP contribution in [0.2, 0.25) is 0 Å². The number of benzene rings is 2. The highest BCUT2D eigenvalue weighted by Gasteiger charge is 2.12. The highest BCUT2D eigenvalue weighted by atomic mass is 35.5. The zero-order valence-corrected chi connectivity index (χ0v) is 18.3. The summed E-state index contributed by atoms with van der Waals surface area (Å²) >= 11 is 0. The minimum Gasteiger partial charge on any atom is -0.372 e. The summed E-state index contributed by atoms with van der Waals surface area (Å²) in [6.45, 7) is 17.3. The van der Waals surface area contributed by atoms with Crippen LogP contribution in [0.1, 0.15) is 38.8 Å². The molecule has 0 aliphatic heterocycles. The SMILES string of the molecule is CCN(CC)c1cc2nc3cc(N(CC)CC)c(C)cc3cc2cc1C.Cl. The monoisotopic (exact) mass is 385 g/mol. The van der Waals surface area contributed by atoms with Crippen LogP contribution in [0.4, 0.5) is 11.4 Å². The third kappa shape index (κ3) is 3.98. The van der Waals surface area contributed by atoms with E-state index < -0.39 is 0 Å². The molecule has 0 amide bonds. The van der Waals surface area contributed by atoms with Gasteiger partial charge in [-0.2, -0.15) is 0 Å². The molecule has 0 aliphatic rings. The summed E-state index contributed by atoms with van der Waals surface area (Å²) in [5.41, 5.74) is 7.40. The first kappa shape index (κ1) is 21.3. The Bertz CT molecular complexity index is 855. The Labute approximate surface area is 169 Å². The van der Waals surface area contributed by atoms with Crippen molar-refractivity contribution in [2.45, 2.75) is 41.5 Å². The van der Waals surface area contributed by atoms with E-state index >= 15 is 0 Å². The molecular weight excluding hydrogens is 354 g/mol. The smallest absolute Gasteiger partial charge is 0.0730 e. The second-order valence-corrected chi connectivity index (χ2v) is 7.00. The summed E-state index contributed by atoms with van der Waals surface area (Å²) in [5, 5.41) is 2.45. The van der Waals surface area contributed by atoms with Crippen LogP contribution in [0.25, 0.3) is 21.8 Å². The summed E-state index contributed by atoms with van der Waals surface area (Å²) < 4.78 is 0. The first-order chi connectivity index (χ1) is 12.5. The predicted octanol–water partition coefficient (Wildman–Crippen LogP) is 6.12. The third-order valence-corrected chi connectivity index (χ3v) is 5.45. The van der Waals surface area contributed by atoms with Crippen molar-refractivity contribution in [3.8, 4) is 0 Å². The van der Waals surface area contributed by atoms with Gasteiger partial charge in [0.2, 0.25) is 0 Å². The van der Waals surface area contributed by atoms with E-state index in [1.165, 1.54) is 33.3 Å². The number of hydrogen-bond acceptors (Lipinski definition) is 3. The van der Waals surface area contributed by atoms with Crippen molar-refractivity contribution in [2.24, 2.45) is 0 Å². The van der Waals surface area contributed by atoms with Crippen molar-refractivity contribution in [3.05, 3.63) is 41.5 Å². The number of aryl methyl sites for hydroxylation is 2. The number of halogens is 1. The minimum atomic E-state index is 0. The van der Waals surface area contributed by atoms with Crippen molar-refractivity contribution < 1.29 is 0 Å². The third-order valence-electron chi connectivity index (χ3n) is 5.45. The maximum absolute atomic E-state index is 5.03. The molecule has 3 nitrogen and oxygen atoms in total. The Balaban J connectivity index is 0.00000261. The van der Waals surface area contributed by atoms with Gasteiger partial charge in [-0.05, 0) is 83.0 Å². The second kappa shape index (κ2) is 8.79. The molecule has 2 aromatic carbocycles. The molecule has 3 aromatic rings. The van der Waals surface area contributed by atoms with Gasteiger partial charge in [0.05, 0.1) is 11.0 Å². The van der Waals surface area contributed by atoms with E-state index in [2.05, 4.69) is 81.7 Å². The fraction of sp³-hybridized carbons (Fsp3) is 0.435. The van der Waals surface area contributed by atoms with E-state index in [9.17, 15) is 0 Å². The lowest BCUT2D eigenvalue weighted by Gasteiger charge is -2.24. The van der Waals surface area contributed by atoms with Crippen LogP contribution in [0.15, 0.2) is 30.3 Å². The topological polar surface area (TPSA) is 19.4 Å². The molecular formula is C23H32ClN3. The lowest BCUT2D eigenvalue weighted by molar-refractivity contribution is 0.862. The number of pyridine rings is 1. The maximum Gasteiger partial charge on any atom is 0.0730 e. The van der Waals surface area contributed by atoms with E-state index in [4.69, 9.17) is 4.98 Å². The molecule has 27 heavy (non-hydrogen) atoms. The van der Waals surface area contributed by atoms with Gasteiger partial charge in [-0.25, -0.2) is 4.98 Å². The van der Waals surface area contributed by atoms with Crippen LogP contribution in [0.3, 0.4) is 0 Å². The molecule has 0 spiro atoms. The Kier molecular flexibility index (Phi) is 6.94. The molecule has 0 aliphatic carbocycles. The molecule has 0 saturated carbocycles. The standard InChI is InChI=1S/C23H31N3.ClH/c1-7-25(8-2)22-14-20-18(11-16(22)5)13-19-12-17(6)23(15-21(19)24-20)26(9-3)10-4;/h11-15H,7-10H2,1-6H3;1H. The van der Waals surface area contributed by atoms with Gasteiger partial charge in [0.25, 0.3) is 0 Å². The average molecular weight is 386 g/mol. The van der Waals surface area contributed by atoms with E-state index in [1.807, 2.05) is 0 Å². The maximum atomic E-state index is 5.03. The lowest BCUT2D eigenvalue weighted by atomic mass is 10.0. The molecule has 0 fully saturated rings. The summed E-state index contributed by atoms with van der Waals surface area (Å²) in [5.74, 6) is 0. The van der Waals surface area contributed by atoms with Crippen molar-refractivity contribution in [3.63, 3.8) is 0 Å². The normalized spacial score (nSPS) is 10.9. The molecule has 146 valence electrons. The second-order valence-electron chi connectivity index (χ2n) is 7.00. The number of rotatable bonds is 6. The molecule has 0 saturated heterocycles. The number of anilines is 2. The Hall–Kier alpha value is -2.00. The molecule has 0 N–H and O–H groups in total. The molecule has 0 radical (unpaired) electrons. The van der Waals surface area contributed by atoms with Crippen LogP contribution in [-0.2, 0) is 0 Å². The zero-order chi connectivity index (χ0) is 18.8. The van der Waals surface area contributed by atoms with E-state index in [1.54, 1.807) is 0 Å². The minimum absolute atomic E-state index is 0. The lowest BCUT2D eigenvalue weighted by Crippen LogP contribution is -2.22. The molecule has 3 rings (SSSR count). The van der Waals surface area contributed by atoms with Gasteiger partial charge < -0.3 is 9.80 Å². The van der Waals surface area contributed by atoms with Gasteiger partial charge in [0.1, 0.15) is 0 Å². The molecule has 0 unspecified atom stereocenters. The Morgan fingerprint density at radius 2 is 1.00 bits per heavy atom. The van der Waals surface area contributed by atoms with Gasteiger partial charge in [0.15, 0.2) is 0 Å². The van der Waals surface area contributed by atoms with Crippen molar-refractivity contribution in [1.82, 2.24) is 4.98 Å². The highest BCUT2D eigenvalue weighted by Crippen LogP contribution is 2.31. The number of aromatic nitrogens is 1. The van der Waals surface area contributed by atoms with Crippen LogP contribution in [-0.4, -0.2) is 31.2 Å². The number of nitrogens with zero attached hydrogens (tertiary/aromatic N) is 3. The van der Waals surface area contributed by atoms with Gasteiger partial charge in [-0.1, -0.05) is 0 Å². The Morgan fingerprint density at radius 1 is 0.630 bits per heavy atom. The van der Waals surface area contributed by atoms with Gasteiger partial charge in [-0.15, -0.1) is 12.4 Å². The molecule has 0 atom stereocenters. The fourth-order valence-electron chi connectivity index (χ4n) is 3.95. The van der Waals surface area contributed by atoms with Crippen molar-refractivity contribution >= 4 is 45.6 Å². The predicted molar refractivity (Wildman–Crippen MR) is 123 cm³/mol. The van der Waals surface area contributed by atoms with Crippen LogP contribution in [0, 0.1) is 13.8 Å². The van der Waals surface area contributed by atoms with Crippen LogP contribution < -0.4 is 9.80 Å². The zero-order valence-electron chi connectivity index (χ0n) is 17.5. The summed E-state index contributed by atoms with van der Waals surface area (Å²) in [6.07, 6.45) is 0. The van der Waals surface area contributed by atoms with Crippen molar-refractivity contribution in [1.29, 1.82) is 0 Å². The average Bonchev–Trinajstić information content (AvgIpc) is 2.63. The molecule has 0 bridgehead atoms. The van der Waals surface area contributed by atoms with Gasteiger partial charge >= 0.3 is 0 Å². The summed E-state index contributed by atoms with van der Waals surface area (Å²) in [4.78, 5) is 9.83. The number of fused-ring (bicyclic) bond motifs is 2. The van der Waals surface area contributed by atoms with E-state index in [0.29, 0.717) is 0 Å². The highest BCUT2D eigenvalue weighted by molar-refractivity contribution is 5.96.